The largest absolute Gasteiger partial charge is 0.444 e. The predicted molar refractivity (Wildman–Crippen MR) is 111 cm³/mol. The first-order valence-corrected chi connectivity index (χ1v) is 10.4. The zero-order valence-electron chi connectivity index (χ0n) is 15.1. The number of carbonyl (C=O) groups is 1. The summed E-state index contributed by atoms with van der Waals surface area (Å²) in [6.45, 7) is 6.25. The summed E-state index contributed by atoms with van der Waals surface area (Å²) in [5.41, 5.74) is 0.480. The zero-order chi connectivity index (χ0) is 19.4. The molecule has 0 saturated heterocycles. The van der Waals surface area contributed by atoms with Crippen LogP contribution >= 0.6 is 34.7 Å². The third-order valence-corrected chi connectivity index (χ3v) is 5.88. The normalized spacial score (nSPS) is 11.4. The van der Waals surface area contributed by atoms with Crippen molar-refractivity contribution in [2.24, 2.45) is 0 Å². The predicted octanol–water partition coefficient (Wildman–Crippen LogP) is 6.02. The Morgan fingerprint density at radius 1 is 1.22 bits per heavy atom. The highest BCUT2D eigenvalue weighted by atomic mass is 35.5. The van der Waals surface area contributed by atoms with Crippen molar-refractivity contribution >= 4 is 51.5 Å². The quantitative estimate of drug-likeness (QED) is 0.491. The molecule has 2 amide bonds. The Bertz CT molecular complexity index is 933. The lowest BCUT2D eigenvalue weighted by Crippen LogP contribution is -2.19. The standard InChI is InChI=1S/C18H19ClN4O2S2/c1-18(2,3)13-8-20-14(25-13)10-26-15-9-21-17(27-15)23-16(24)22-12-7-5-4-6-11(12)19/h4-9H,10H2,1-3H3,(H2,21,22,23,24). The molecule has 0 aliphatic rings. The number of halogens is 1. The van der Waals surface area contributed by atoms with Gasteiger partial charge in [0.05, 0.1) is 33.1 Å². The van der Waals surface area contributed by atoms with E-state index in [0.717, 1.165) is 9.97 Å². The highest BCUT2D eigenvalue weighted by molar-refractivity contribution is 8.00. The molecule has 0 bridgehead atoms. The SMILES string of the molecule is CC(C)(C)c1cnc(CSc2cnc(NC(=O)Nc3ccccc3Cl)s2)o1. The zero-order valence-corrected chi connectivity index (χ0v) is 17.5. The van der Waals surface area contributed by atoms with Crippen LogP contribution in [0.5, 0.6) is 0 Å². The first-order chi connectivity index (χ1) is 12.8. The van der Waals surface area contributed by atoms with Gasteiger partial charge in [-0.05, 0) is 12.1 Å². The topological polar surface area (TPSA) is 80.0 Å². The molecule has 27 heavy (non-hydrogen) atoms. The van der Waals surface area contributed by atoms with Gasteiger partial charge in [0.2, 0.25) is 5.89 Å². The molecule has 2 heterocycles. The monoisotopic (exact) mass is 422 g/mol. The Morgan fingerprint density at radius 2 is 2.00 bits per heavy atom. The Kier molecular flexibility index (Phi) is 6.08. The van der Waals surface area contributed by atoms with E-state index in [0.29, 0.717) is 27.5 Å². The molecule has 0 saturated carbocycles. The molecule has 0 unspecified atom stereocenters. The van der Waals surface area contributed by atoms with Crippen LogP contribution in [-0.4, -0.2) is 16.0 Å². The number of amides is 2. The number of thioether (sulfide) groups is 1. The van der Waals surface area contributed by atoms with Crippen molar-refractivity contribution in [1.82, 2.24) is 9.97 Å². The number of thiazole rings is 1. The van der Waals surface area contributed by atoms with E-state index in [1.807, 2.05) is 0 Å². The highest BCUT2D eigenvalue weighted by Gasteiger charge is 2.19. The van der Waals surface area contributed by atoms with Gasteiger partial charge >= 0.3 is 6.03 Å². The van der Waals surface area contributed by atoms with Gasteiger partial charge in [-0.3, -0.25) is 5.32 Å². The third kappa shape index (κ3) is 5.47. The smallest absolute Gasteiger partial charge is 0.325 e. The molecule has 0 radical (unpaired) electrons. The van der Waals surface area contributed by atoms with Crippen molar-refractivity contribution in [2.45, 2.75) is 36.1 Å². The number of carbonyl (C=O) groups excluding carboxylic acids is 1. The average molecular weight is 423 g/mol. The summed E-state index contributed by atoms with van der Waals surface area (Å²) < 4.78 is 6.74. The fourth-order valence-electron chi connectivity index (χ4n) is 2.05. The Morgan fingerprint density at radius 3 is 2.70 bits per heavy atom. The fraction of sp³-hybridized carbons (Fsp3) is 0.278. The van der Waals surface area contributed by atoms with Crippen LogP contribution in [0.25, 0.3) is 0 Å². The van der Waals surface area contributed by atoms with E-state index in [9.17, 15) is 4.79 Å². The molecule has 2 aromatic heterocycles. The molecule has 0 aliphatic heterocycles. The van der Waals surface area contributed by atoms with Crippen LogP contribution in [-0.2, 0) is 11.2 Å². The molecule has 142 valence electrons. The maximum absolute atomic E-state index is 12.1. The lowest BCUT2D eigenvalue weighted by atomic mass is 9.94. The summed E-state index contributed by atoms with van der Waals surface area (Å²) in [6, 6.07) is 6.65. The number of benzene rings is 1. The molecule has 2 N–H and O–H groups in total. The summed E-state index contributed by atoms with van der Waals surface area (Å²) in [7, 11) is 0. The molecule has 0 atom stereocenters. The van der Waals surface area contributed by atoms with Gasteiger partial charge in [0.15, 0.2) is 5.13 Å². The number of oxazole rings is 1. The van der Waals surface area contributed by atoms with Crippen molar-refractivity contribution in [2.75, 3.05) is 10.6 Å². The van der Waals surface area contributed by atoms with E-state index in [4.69, 9.17) is 16.0 Å². The van der Waals surface area contributed by atoms with Crippen molar-refractivity contribution in [3.63, 3.8) is 0 Å². The molecular weight excluding hydrogens is 404 g/mol. The number of nitrogens with zero attached hydrogens (tertiary/aromatic N) is 2. The van der Waals surface area contributed by atoms with Gasteiger partial charge in [-0.25, -0.2) is 14.8 Å². The number of hydrogen-bond donors (Lipinski definition) is 2. The minimum Gasteiger partial charge on any atom is -0.444 e. The van der Waals surface area contributed by atoms with E-state index in [1.165, 1.54) is 11.3 Å². The molecule has 3 rings (SSSR count). The second-order valence-electron chi connectivity index (χ2n) is 6.70. The third-order valence-electron chi connectivity index (χ3n) is 3.46. The first kappa shape index (κ1) is 19.7. The summed E-state index contributed by atoms with van der Waals surface area (Å²) in [5.74, 6) is 2.13. The lowest BCUT2D eigenvalue weighted by molar-refractivity contribution is 0.262. The van der Waals surface area contributed by atoms with E-state index in [-0.39, 0.29) is 5.41 Å². The van der Waals surface area contributed by atoms with Crippen LogP contribution in [0.1, 0.15) is 32.4 Å². The van der Waals surface area contributed by atoms with E-state index in [1.54, 1.807) is 48.4 Å². The summed E-state index contributed by atoms with van der Waals surface area (Å²) in [4.78, 5) is 20.6. The number of para-hydroxylation sites is 1. The van der Waals surface area contributed by atoms with Crippen molar-refractivity contribution < 1.29 is 9.21 Å². The van der Waals surface area contributed by atoms with Crippen LogP contribution in [0, 0.1) is 0 Å². The number of hydrogen-bond acceptors (Lipinski definition) is 6. The van der Waals surface area contributed by atoms with E-state index >= 15 is 0 Å². The van der Waals surface area contributed by atoms with Crippen LogP contribution in [0.4, 0.5) is 15.6 Å². The molecule has 3 aromatic rings. The summed E-state index contributed by atoms with van der Waals surface area (Å²) in [6.07, 6.45) is 3.49. The Labute approximate surface area is 170 Å². The van der Waals surface area contributed by atoms with Crippen LogP contribution < -0.4 is 10.6 Å². The minimum atomic E-state index is -0.392. The highest BCUT2D eigenvalue weighted by Crippen LogP contribution is 2.32. The number of rotatable bonds is 5. The van der Waals surface area contributed by atoms with E-state index in [2.05, 4.69) is 41.4 Å². The second kappa shape index (κ2) is 8.33. The molecule has 0 fully saturated rings. The van der Waals surface area contributed by atoms with Gasteiger partial charge in [-0.1, -0.05) is 55.8 Å². The van der Waals surface area contributed by atoms with Crippen molar-refractivity contribution in [3.8, 4) is 0 Å². The maximum Gasteiger partial charge on any atom is 0.325 e. The van der Waals surface area contributed by atoms with Gasteiger partial charge in [0, 0.05) is 5.41 Å². The fourth-order valence-corrected chi connectivity index (χ4v) is 3.96. The average Bonchev–Trinajstić information content (AvgIpc) is 3.24. The number of anilines is 2. The van der Waals surface area contributed by atoms with Gasteiger partial charge in [-0.15, -0.1) is 11.8 Å². The van der Waals surface area contributed by atoms with Crippen molar-refractivity contribution in [1.29, 1.82) is 0 Å². The molecule has 6 nitrogen and oxygen atoms in total. The summed E-state index contributed by atoms with van der Waals surface area (Å²) >= 11 is 8.97. The van der Waals surface area contributed by atoms with Crippen molar-refractivity contribution in [3.05, 3.63) is 53.3 Å². The second-order valence-corrected chi connectivity index (χ2v) is 9.41. The molecular formula is C18H19ClN4O2S2. The Hall–Kier alpha value is -2.03. The van der Waals surface area contributed by atoms with Gasteiger partial charge < -0.3 is 9.73 Å². The van der Waals surface area contributed by atoms with Gasteiger partial charge in [0.25, 0.3) is 0 Å². The van der Waals surface area contributed by atoms with E-state index < -0.39 is 6.03 Å². The lowest BCUT2D eigenvalue weighted by Gasteiger charge is -2.12. The molecule has 9 heteroatoms. The van der Waals surface area contributed by atoms with Gasteiger partial charge in [-0.2, -0.15) is 0 Å². The van der Waals surface area contributed by atoms with Crippen LogP contribution in [0.3, 0.4) is 0 Å². The van der Waals surface area contributed by atoms with Gasteiger partial charge in [0.1, 0.15) is 5.76 Å². The maximum atomic E-state index is 12.1. The van der Waals surface area contributed by atoms with Crippen LogP contribution in [0.15, 0.2) is 45.3 Å². The number of aromatic nitrogens is 2. The molecule has 0 spiro atoms. The first-order valence-electron chi connectivity index (χ1n) is 8.17. The molecule has 0 aliphatic carbocycles. The summed E-state index contributed by atoms with van der Waals surface area (Å²) in [5, 5.41) is 6.38. The number of nitrogens with one attached hydrogen (secondary N) is 2. The van der Waals surface area contributed by atoms with Crippen LogP contribution in [0.2, 0.25) is 5.02 Å². The molecule has 1 aromatic carbocycles. The Balaban J connectivity index is 1.53. The number of urea groups is 1. The minimum absolute atomic E-state index is 0.0630.